The summed E-state index contributed by atoms with van der Waals surface area (Å²) in [7, 11) is 1.16. The number of quaternary nitrogens is 1. The third kappa shape index (κ3) is 49.4. The van der Waals surface area contributed by atoms with Crippen molar-refractivity contribution in [3.63, 3.8) is 0 Å². The van der Waals surface area contributed by atoms with Gasteiger partial charge < -0.3 is 27.9 Å². The number of phosphoric acid groups is 1. The second-order valence-electron chi connectivity index (χ2n) is 18.9. The summed E-state index contributed by atoms with van der Waals surface area (Å²) < 4.78 is 34.1. The number of ether oxygens (including phenoxy) is 2. The zero-order valence-corrected chi connectivity index (χ0v) is 43.1. The second kappa shape index (κ2) is 46.1. The number of carbonyl (C=O) groups excluding carboxylic acids is 2. The van der Waals surface area contributed by atoms with Crippen LogP contribution in [0.1, 0.15) is 232 Å². The minimum absolute atomic E-state index is 0.0348. The molecule has 0 aliphatic rings. The molecule has 0 N–H and O–H groups in total. The topological polar surface area (TPSA) is 111 Å². The number of hydrogen-bond acceptors (Lipinski definition) is 8. The summed E-state index contributed by atoms with van der Waals surface area (Å²) in [6.07, 6.45) is 55.6. The van der Waals surface area contributed by atoms with Crippen molar-refractivity contribution < 1.29 is 42.1 Å². The summed E-state index contributed by atoms with van der Waals surface area (Å²) in [5.41, 5.74) is 0. The fourth-order valence-corrected chi connectivity index (χ4v) is 7.92. The van der Waals surface area contributed by atoms with Gasteiger partial charge in [-0.05, 0) is 77.0 Å². The van der Waals surface area contributed by atoms with Crippen LogP contribution in [0.4, 0.5) is 0 Å². The highest BCUT2D eigenvalue weighted by Gasteiger charge is 2.21. The molecule has 0 aliphatic carbocycles. The lowest BCUT2D eigenvalue weighted by Crippen LogP contribution is -2.37. The molecule has 0 amide bonds. The quantitative estimate of drug-likeness (QED) is 0.0195. The summed E-state index contributed by atoms with van der Waals surface area (Å²) in [4.78, 5) is 37.7. The Morgan fingerprint density at radius 3 is 1.27 bits per heavy atom. The Balaban J connectivity index is 4.28. The summed E-state index contributed by atoms with van der Waals surface area (Å²) in [6.45, 7) is 4.22. The number of nitrogens with zero attached hydrogens (tertiary/aromatic N) is 1. The van der Waals surface area contributed by atoms with E-state index in [0.717, 1.165) is 70.6 Å². The maximum absolute atomic E-state index is 12.7. The number of unbranched alkanes of at least 4 members (excludes halogenated alkanes) is 26. The normalized spacial score (nSPS) is 13.8. The van der Waals surface area contributed by atoms with Gasteiger partial charge in [0.05, 0.1) is 27.7 Å². The van der Waals surface area contributed by atoms with E-state index in [1.807, 2.05) is 21.1 Å². The van der Waals surface area contributed by atoms with Crippen LogP contribution in [0.5, 0.6) is 0 Å². The maximum Gasteiger partial charge on any atom is 0.306 e. The van der Waals surface area contributed by atoms with E-state index >= 15 is 0 Å². The molecule has 2 atom stereocenters. The van der Waals surface area contributed by atoms with Gasteiger partial charge in [-0.25, -0.2) is 0 Å². The van der Waals surface area contributed by atoms with Crippen LogP contribution in [0, 0.1) is 0 Å². The highest BCUT2D eigenvalue weighted by Crippen LogP contribution is 2.38. The molecule has 9 nitrogen and oxygen atoms in total. The van der Waals surface area contributed by atoms with E-state index in [4.69, 9.17) is 18.5 Å². The van der Waals surface area contributed by atoms with Crippen LogP contribution in [0.3, 0.4) is 0 Å². The van der Waals surface area contributed by atoms with Gasteiger partial charge in [0, 0.05) is 12.8 Å². The Hall–Kier alpha value is -2.03. The van der Waals surface area contributed by atoms with Gasteiger partial charge in [0.2, 0.25) is 0 Å². The molecular formula is C54H100NO8P. The average Bonchev–Trinajstić information content (AvgIpc) is 3.25. The largest absolute Gasteiger partial charge is 0.756 e. The van der Waals surface area contributed by atoms with E-state index < -0.39 is 26.5 Å². The molecule has 0 bridgehead atoms. The molecule has 0 spiro atoms. The molecular weight excluding hydrogens is 822 g/mol. The minimum Gasteiger partial charge on any atom is -0.756 e. The Morgan fingerprint density at radius 2 is 0.844 bits per heavy atom. The molecule has 0 rings (SSSR count). The molecule has 0 aromatic rings. The first-order valence-corrected chi connectivity index (χ1v) is 27.8. The number of carbonyl (C=O) groups is 2. The van der Waals surface area contributed by atoms with Crippen molar-refractivity contribution in [2.45, 2.75) is 238 Å². The molecule has 0 saturated heterocycles. The predicted molar refractivity (Wildman–Crippen MR) is 268 cm³/mol. The van der Waals surface area contributed by atoms with Gasteiger partial charge in [0.25, 0.3) is 7.82 Å². The maximum atomic E-state index is 12.7. The van der Waals surface area contributed by atoms with Gasteiger partial charge in [-0.15, -0.1) is 0 Å². The Morgan fingerprint density at radius 1 is 0.484 bits per heavy atom. The van der Waals surface area contributed by atoms with Crippen molar-refractivity contribution in [3.05, 3.63) is 48.6 Å². The van der Waals surface area contributed by atoms with Crippen LogP contribution in [0.15, 0.2) is 48.6 Å². The lowest BCUT2D eigenvalue weighted by Gasteiger charge is -2.28. The van der Waals surface area contributed by atoms with Crippen molar-refractivity contribution in [1.29, 1.82) is 0 Å². The predicted octanol–water partition coefficient (Wildman–Crippen LogP) is 15.2. The standard InChI is InChI=1S/C54H100NO8P/c1-6-8-10-12-14-16-18-20-22-24-26-27-29-31-33-35-37-39-41-43-45-47-54(57)63-52(51-62-64(58,59)61-49-48-55(3,4)5)50-60-53(56)46-44-42-40-38-36-34-32-30-28-25-23-21-19-17-15-13-11-9-7-2/h18,20-21,23-24,26,29,31,52H,6-17,19,22,25,27-28,30,32-51H2,1-5H3/b20-18-,23-21-,26-24-,31-29-. The van der Waals surface area contributed by atoms with E-state index in [2.05, 4.69) is 62.5 Å². The number of esters is 2. The Labute approximate surface area is 394 Å². The second-order valence-corrected chi connectivity index (χ2v) is 20.3. The van der Waals surface area contributed by atoms with Crippen LogP contribution >= 0.6 is 7.82 Å². The first-order chi connectivity index (χ1) is 31.0. The smallest absolute Gasteiger partial charge is 0.306 e. The highest BCUT2D eigenvalue weighted by atomic mass is 31.2. The van der Waals surface area contributed by atoms with Crippen LogP contribution in [-0.2, 0) is 32.7 Å². The van der Waals surface area contributed by atoms with Crippen molar-refractivity contribution in [2.24, 2.45) is 0 Å². The van der Waals surface area contributed by atoms with Crippen LogP contribution < -0.4 is 4.89 Å². The monoisotopic (exact) mass is 922 g/mol. The molecule has 0 heterocycles. The summed E-state index contributed by atoms with van der Waals surface area (Å²) in [5.74, 6) is -0.846. The summed E-state index contributed by atoms with van der Waals surface area (Å²) in [6, 6.07) is 0. The zero-order valence-electron chi connectivity index (χ0n) is 42.2. The molecule has 0 radical (unpaired) electrons. The van der Waals surface area contributed by atoms with Gasteiger partial charge in [-0.3, -0.25) is 14.2 Å². The average molecular weight is 922 g/mol. The third-order valence-corrected chi connectivity index (χ3v) is 12.3. The number of phosphoric ester groups is 1. The van der Waals surface area contributed by atoms with E-state index in [1.165, 1.54) is 128 Å². The highest BCUT2D eigenvalue weighted by molar-refractivity contribution is 7.45. The number of hydrogen-bond donors (Lipinski definition) is 0. The minimum atomic E-state index is -4.64. The fourth-order valence-electron chi connectivity index (χ4n) is 7.19. The number of likely N-dealkylation sites (N-methyl/N-ethyl adjacent to an activating group) is 1. The van der Waals surface area contributed by atoms with E-state index in [0.29, 0.717) is 17.4 Å². The lowest BCUT2D eigenvalue weighted by molar-refractivity contribution is -0.870. The van der Waals surface area contributed by atoms with Crippen molar-refractivity contribution in [2.75, 3.05) is 47.5 Å². The molecule has 0 saturated carbocycles. The lowest BCUT2D eigenvalue weighted by atomic mass is 10.1. The molecule has 2 unspecified atom stereocenters. The SMILES string of the molecule is CCCCCCC/C=C\C/C=C\C/C=C\CCCCCCCCC(=O)OC(COC(=O)CCCCCCCCCCC/C=C\CCCCCCCC)COP(=O)([O-])OCC[N+](C)(C)C. The van der Waals surface area contributed by atoms with Crippen molar-refractivity contribution in [1.82, 2.24) is 0 Å². The van der Waals surface area contributed by atoms with Crippen LogP contribution in [0.25, 0.3) is 0 Å². The zero-order chi connectivity index (χ0) is 47.1. The van der Waals surface area contributed by atoms with Gasteiger partial charge in [0.15, 0.2) is 6.10 Å². The van der Waals surface area contributed by atoms with Crippen molar-refractivity contribution >= 4 is 19.8 Å². The molecule has 64 heavy (non-hydrogen) atoms. The van der Waals surface area contributed by atoms with Crippen LogP contribution in [-0.4, -0.2) is 70.0 Å². The Bertz CT molecular complexity index is 1230. The van der Waals surface area contributed by atoms with Crippen molar-refractivity contribution in [3.8, 4) is 0 Å². The molecule has 0 fully saturated rings. The fraction of sp³-hybridized carbons (Fsp3) is 0.815. The van der Waals surface area contributed by atoms with Crippen LogP contribution in [0.2, 0.25) is 0 Å². The Kier molecular flexibility index (Phi) is 44.6. The first-order valence-electron chi connectivity index (χ1n) is 26.3. The van der Waals surface area contributed by atoms with Gasteiger partial charge >= 0.3 is 11.9 Å². The summed E-state index contributed by atoms with van der Waals surface area (Å²) >= 11 is 0. The number of rotatable bonds is 48. The van der Waals surface area contributed by atoms with Gasteiger partial charge in [-0.1, -0.05) is 191 Å². The first kappa shape index (κ1) is 62.0. The van der Waals surface area contributed by atoms with E-state index in [9.17, 15) is 19.0 Å². The molecule has 374 valence electrons. The molecule has 0 aromatic carbocycles. The van der Waals surface area contributed by atoms with E-state index in [-0.39, 0.29) is 32.0 Å². The molecule has 0 aromatic heterocycles. The van der Waals surface area contributed by atoms with Gasteiger partial charge in [-0.2, -0.15) is 0 Å². The molecule has 0 aliphatic heterocycles. The summed E-state index contributed by atoms with van der Waals surface area (Å²) in [5, 5.41) is 0. The number of allylic oxidation sites excluding steroid dienone is 8. The molecule has 10 heteroatoms. The van der Waals surface area contributed by atoms with Gasteiger partial charge in [0.1, 0.15) is 19.8 Å². The third-order valence-electron chi connectivity index (χ3n) is 11.3. The van der Waals surface area contributed by atoms with E-state index in [1.54, 1.807) is 0 Å².